The predicted octanol–water partition coefficient (Wildman–Crippen LogP) is 2.22. The number of anilines is 1. The van der Waals surface area contributed by atoms with E-state index in [-0.39, 0.29) is 18.9 Å². The van der Waals surface area contributed by atoms with Gasteiger partial charge in [0.1, 0.15) is 29.3 Å². The van der Waals surface area contributed by atoms with Gasteiger partial charge in [-0.3, -0.25) is 4.68 Å². The summed E-state index contributed by atoms with van der Waals surface area (Å²) >= 11 is 0. The van der Waals surface area contributed by atoms with Gasteiger partial charge < -0.3 is 16.0 Å². The highest BCUT2D eigenvalue weighted by Crippen LogP contribution is 2.25. The third-order valence-electron chi connectivity index (χ3n) is 4.00. The summed E-state index contributed by atoms with van der Waals surface area (Å²) in [6, 6.07) is 11.6. The van der Waals surface area contributed by atoms with Crippen LogP contribution < -0.4 is 11.5 Å². The van der Waals surface area contributed by atoms with Crippen molar-refractivity contribution in [2.45, 2.75) is 13.1 Å². The summed E-state index contributed by atoms with van der Waals surface area (Å²) in [6.07, 6.45) is 1.46. The maximum atomic E-state index is 14.1. The fraction of sp³-hybridized carbons (Fsp3) is 0.111. The summed E-state index contributed by atoms with van der Waals surface area (Å²) in [7, 11) is 0. The summed E-state index contributed by atoms with van der Waals surface area (Å²) < 4.78 is 20.7. The zero-order valence-electron chi connectivity index (χ0n) is 14.2. The maximum absolute atomic E-state index is 14.1. The zero-order valence-corrected chi connectivity index (χ0v) is 14.2. The van der Waals surface area contributed by atoms with E-state index in [1.54, 1.807) is 41.1 Å². The molecule has 4 aromatic rings. The van der Waals surface area contributed by atoms with E-state index in [0.717, 1.165) is 0 Å². The van der Waals surface area contributed by atoms with E-state index in [1.807, 2.05) is 0 Å². The Hall–Kier alpha value is -3.59. The second-order valence-corrected chi connectivity index (χ2v) is 5.86. The first kappa shape index (κ1) is 16.9. The van der Waals surface area contributed by atoms with Gasteiger partial charge in [0.2, 0.25) is 0 Å². The van der Waals surface area contributed by atoms with Crippen molar-refractivity contribution < 1.29 is 8.91 Å². The van der Waals surface area contributed by atoms with E-state index in [9.17, 15) is 4.39 Å². The highest BCUT2D eigenvalue weighted by Gasteiger charge is 2.17. The van der Waals surface area contributed by atoms with Crippen molar-refractivity contribution in [1.82, 2.24) is 24.9 Å². The molecule has 0 amide bonds. The van der Waals surface area contributed by atoms with Crippen LogP contribution in [0.1, 0.15) is 11.3 Å². The number of nitrogens with zero attached hydrogens (tertiary/aromatic N) is 5. The normalized spacial score (nSPS) is 11.0. The lowest BCUT2D eigenvalue weighted by atomic mass is 10.2. The van der Waals surface area contributed by atoms with Crippen molar-refractivity contribution in [3.8, 4) is 22.9 Å². The van der Waals surface area contributed by atoms with Gasteiger partial charge in [0.05, 0.1) is 17.9 Å². The first-order chi connectivity index (χ1) is 13.1. The number of hydrogen-bond donors (Lipinski definition) is 2. The molecule has 0 unspecified atom stereocenters. The molecule has 136 valence electrons. The molecule has 9 heteroatoms. The summed E-state index contributed by atoms with van der Waals surface area (Å²) in [4.78, 5) is 8.60. The Morgan fingerprint density at radius 3 is 2.67 bits per heavy atom. The van der Waals surface area contributed by atoms with Gasteiger partial charge in [0.25, 0.3) is 0 Å². The molecule has 0 fully saturated rings. The number of nitrogen functional groups attached to an aromatic ring is 1. The van der Waals surface area contributed by atoms with Crippen LogP contribution in [0, 0.1) is 5.82 Å². The standard InChI is InChI=1S/C18H16FN7O/c19-13-4-2-1-3-11(13)10-26-16(14-5-6-27-25-14)8-15(24-26)18-22-12(9-20)7-17(21)23-18/h1-8H,9-10,20H2,(H2,21,22,23). The highest BCUT2D eigenvalue weighted by atomic mass is 19.1. The predicted molar refractivity (Wildman–Crippen MR) is 96.6 cm³/mol. The van der Waals surface area contributed by atoms with Crippen LogP contribution in [0.2, 0.25) is 0 Å². The number of halogens is 1. The highest BCUT2D eigenvalue weighted by molar-refractivity contribution is 5.63. The Labute approximate surface area is 153 Å². The van der Waals surface area contributed by atoms with Gasteiger partial charge in [0.15, 0.2) is 5.82 Å². The van der Waals surface area contributed by atoms with Gasteiger partial charge in [0, 0.05) is 24.2 Å². The Morgan fingerprint density at radius 1 is 1.07 bits per heavy atom. The molecule has 0 aliphatic heterocycles. The average Bonchev–Trinajstić information content (AvgIpc) is 3.32. The first-order valence-electron chi connectivity index (χ1n) is 8.20. The van der Waals surface area contributed by atoms with Crippen molar-refractivity contribution in [3.63, 3.8) is 0 Å². The minimum absolute atomic E-state index is 0.209. The molecule has 0 saturated heterocycles. The van der Waals surface area contributed by atoms with Crippen LogP contribution in [-0.2, 0) is 13.1 Å². The van der Waals surface area contributed by atoms with Crippen molar-refractivity contribution in [1.29, 1.82) is 0 Å². The Balaban J connectivity index is 1.81. The molecule has 1 aromatic carbocycles. The Kier molecular flexibility index (Phi) is 4.35. The molecule has 0 radical (unpaired) electrons. The van der Waals surface area contributed by atoms with Crippen LogP contribution >= 0.6 is 0 Å². The third-order valence-corrected chi connectivity index (χ3v) is 4.00. The molecule has 4 N–H and O–H groups in total. The Morgan fingerprint density at radius 2 is 1.93 bits per heavy atom. The number of rotatable bonds is 5. The topological polar surface area (TPSA) is 122 Å². The molecule has 0 saturated carbocycles. The average molecular weight is 365 g/mol. The monoisotopic (exact) mass is 365 g/mol. The lowest BCUT2D eigenvalue weighted by molar-refractivity contribution is 0.421. The van der Waals surface area contributed by atoms with Gasteiger partial charge in [-0.1, -0.05) is 23.4 Å². The molecule has 0 aliphatic carbocycles. The SMILES string of the molecule is NCc1cc(N)nc(-c2cc(-c3ccon3)n(Cc3ccccc3F)n2)n1. The summed E-state index contributed by atoms with van der Waals surface area (Å²) in [5, 5.41) is 8.49. The van der Waals surface area contributed by atoms with E-state index in [0.29, 0.717) is 40.0 Å². The maximum Gasteiger partial charge on any atom is 0.182 e. The molecule has 0 atom stereocenters. The molecular formula is C18H16FN7O. The van der Waals surface area contributed by atoms with Crippen LogP contribution in [0.4, 0.5) is 10.2 Å². The van der Waals surface area contributed by atoms with Crippen LogP contribution in [-0.4, -0.2) is 24.9 Å². The molecule has 0 aliphatic rings. The minimum atomic E-state index is -0.314. The smallest absolute Gasteiger partial charge is 0.182 e. The van der Waals surface area contributed by atoms with E-state index >= 15 is 0 Å². The molecular weight excluding hydrogens is 349 g/mol. The fourth-order valence-electron chi connectivity index (χ4n) is 2.72. The van der Waals surface area contributed by atoms with Crippen molar-refractivity contribution in [2.24, 2.45) is 5.73 Å². The van der Waals surface area contributed by atoms with Crippen molar-refractivity contribution in [3.05, 3.63) is 65.8 Å². The number of benzene rings is 1. The lowest BCUT2D eigenvalue weighted by Gasteiger charge is -2.06. The zero-order chi connectivity index (χ0) is 18.8. The summed E-state index contributed by atoms with van der Waals surface area (Å²) in [5.74, 6) is 0.325. The molecule has 3 aromatic heterocycles. The molecule has 0 bridgehead atoms. The molecule has 0 spiro atoms. The lowest BCUT2D eigenvalue weighted by Crippen LogP contribution is -2.07. The van der Waals surface area contributed by atoms with E-state index in [1.165, 1.54) is 12.3 Å². The quantitative estimate of drug-likeness (QED) is 0.556. The molecule has 27 heavy (non-hydrogen) atoms. The minimum Gasteiger partial charge on any atom is -0.384 e. The molecule has 8 nitrogen and oxygen atoms in total. The van der Waals surface area contributed by atoms with Gasteiger partial charge in [-0.05, 0) is 12.1 Å². The first-order valence-corrected chi connectivity index (χ1v) is 8.20. The van der Waals surface area contributed by atoms with Gasteiger partial charge in [-0.2, -0.15) is 5.10 Å². The third kappa shape index (κ3) is 3.40. The van der Waals surface area contributed by atoms with Gasteiger partial charge >= 0.3 is 0 Å². The van der Waals surface area contributed by atoms with Crippen LogP contribution in [0.3, 0.4) is 0 Å². The van der Waals surface area contributed by atoms with Gasteiger partial charge in [-0.25, -0.2) is 14.4 Å². The van der Waals surface area contributed by atoms with E-state index in [2.05, 4.69) is 20.2 Å². The van der Waals surface area contributed by atoms with Crippen LogP contribution in [0.15, 0.2) is 53.3 Å². The summed E-state index contributed by atoms with van der Waals surface area (Å²) in [6.45, 7) is 0.437. The van der Waals surface area contributed by atoms with E-state index < -0.39 is 0 Å². The second kappa shape index (κ2) is 6.96. The van der Waals surface area contributed by atoms with Crippen LogP contribution in [0.5, 0.6) is 0 Å². The number of hydrogen-bond acceptors (Lipinski definition) is 7. The Bertz CT molecular complexity index is 1080. The largest absolute Gasteiger partial charge is 0.384 e. The summed E-state index contributed by atoms with van der Waals surface area (Å²) in [5.41, 5.74) is 14.3. The fourth-order valence-corrected chi connectivity index (χ4v) is 2.72. The van der Waals surface area contributed by atoms with Crippen molar-refractivity contribution in [2.75, 3.05) is 5.73 Å². The number of nitrogens with two attached hydrogens (primary N) is 2. The van der Waals surface area contributed by atoms with Crippen LogP contribution in [0.25, 0.3) is 22.9 Å². The number of aromatic nitrogens is 5. The second-order valence-electron chi connectivity index (χ2n) is 5.86. The molecule has 3 heterocycles. The van der Waals surface area contributed by atoms with Gasteiger partial charge in [-0.15, -0.1) is 0 Å². The van der Waals surface area contributed by atoms with Crippen molar-refractivity contribution >= 4 is 5.82 Å². The molecule has 4 rings (SSSR count). The van der Waals surface area contributed by atoms with E-state index in [4.69, 9.17) is 16.0 Å².